The second kappa shape index (κ2) is 4.18. The van der Waals surface area contributed by atoms with Crippen LogP contribution in [0.1, 0.15) is 20.8 Å². The van der Waals surface area contributed by atoms with Gasteiger partial charge in [0.15, 0.2) is 0 Å². The first-order valence-electron chi connectivity index (χ1n) is 2.79. The number of hydrogen-bond acceptors (Lipinski definition) is 3. The minimum absolute atomic E-state index is 0.222. The molecule has 0 aromatic carbocycles. The normalized spacial score (nSPS) is 11.2. The highest BCUT2D eigenvalue weighted by Crippen LogP contribution is 2.08. The molecule has 0 bridgehead atoms. The molecule has 0 heterocycles. The molecule has 0 saturated carbocycles. The minimum Gasteiger partial charge on any atom is -0.303 e. The molecule has 0 aromatic rings. The van der Waals surface area contributed by atoms with Crippen LogP contribution < -0.4 is 0 Å². The summed E-state index contributed by atoms with van der Waals surface area (Å²) < 4.78 is 1.26. The van der Waals surface area contributed by atoms with E-state index in [4.69, 9.17) is 5.21 Å². The van der Waals surface area contributed by atoms with E-state index in [2.05, 4.69) is 0 Å². The number of rotatable bonds is 3. The Morgan fingerprint density at radius 2 is 2.12 bits per heavy atom. The van der Waals surface area contributed by atoms with Crippen LogP contribution >= 0.6 is 11.9 Å². The smallest absolute Gasteiger partial charge is 0.0409 e. The van der Waals surface area contributed by atoms with Crippen molar-refractivity contribution in [2.45, 2.75) is 26.8 Å². The summed E-state index contributed by atoms with van der Waals surface area (Å²) in [5.41, 5.74) is 0. The molecule has 0 aliphatic carbocycles. The van der Waals surface area contributed by atoms with Crippen LogP contribution in [0.2, 0.25) is 0 Å². The van der Waals surface area contributed by atoms with Crippen molar-refractivity contribution in [3.63, 3.8) is 0 Å². The molecule has 3 heteroatoms. The summed E-state index contributed by atoms with van der Waals surface area (Å²) in [6, 6.07) is 0.222. The van der Waals surface area contributed by atoms with Crippen molar-refractivity contribution in [2.24, 2.45) is 0 Å². The molecule has 0 spiro atoms. The van der Waals surface area contributed by atoms with Gasteiger partial charge < -0.3 is 5.21 Å². The Morgan fingerprint density at radius 1 is 1.62 bits per heavy atom. The maximum atomic E-state index is 8.92. The van der Waals surface area contributed by atoms with E-state index in [9.17, 15) is 0 Å². The number of hydrogen-bond donors (Lipinski definition) is 1. The fourth-order valence-electron chi connectivity index (χ4n) is 0.281. The summed E-state index contributed by atoms with van der Waals surface area (Å²) >= 11 is 1.43. The molecule has 0 rings (SSSR count). The molecule has 0 radical (unpaired) electrons. The Bertz CT molecular complexity index is 58.4. The summed E-state index contributed by atoms with van der Waals surface area (Å²) in [5, 5.41) is 8.92. The maximum Gasteiger partial charge on any atom is 0.0409 e. The quantitative estimate of drug-likeness (QED) is 0.471. The van der Waals surface area contributed by atoms with Gasteiger partial charge in [0.05, 0.1) is 0 Å². The fraction of sp³-hybridized carbons (Fsp3) is 1.00. The van der Waals surface area contributed by atoms with Gasteiger partial charge in [0.25, 0.3) is 0 Å². The molecule has 2 nitrogen and oxygen atoms in total. The lowest BCUT2D eigenvalue weighted by molar-refractivity contribution is -0.0108. The fourth-order valence-corrected chi connectivity index (χ4v) is 0.844. The summed E-state index contributed by atoms with van der Waals surface area (Å²) in [7, 11) is 0. The lowest BCUT2D eigenvalue weighted by Gasteiger charge is -2.15. The Hall–Kier alpha value is 0.270. The average Bonchev–Trinajstić information content (AvgIpc) is 1.67. The number of hydroxylamine groups is 1. The highest BCUT2D eigenvalue weighted by molar-refractivity contribution is 7.96. The molecule has 0 amide bonds. The molecule has 0 aromatic heterocycles. The minimum atomic E-state index is 0.222. The van der Waals surface area contributed by atoms with Gasteiger partial charge in [-0.15, -0.1) is 4.47 Å². The van der Waals surface area contributed by atoms with E-state index in [0.29, 0.717) is 0 Å². The van der Waals surface area contributed by atoms with E-state index in [0.717, 1.165) is 5.75 Å². The summed E-state index contributed by atoms with van der Waals surface area (Å²) in [5.74, 6) is 0.925. The van der Waals surface area contributed by atoms with Crippen LogP contribution in [0.15, 0.2) is 0 Å². The van der Waals surface area contributed by atoms with Crippen molar-refractivity contribution in [2.75, 3.05) is 5.75 Å². The van der Waals surface area contributed by atoms with Crippen molar-refractivity contribution in [1.29, 1.82) is 0 Å². The van der Waals surface area contributed by atoms with Crippen LogP contribution in [0, 0.1) is 0 Å². The first-order valence-corrected chi connectivity index (χ1v) is 3.73. The standard InChI is InChI=1S/C5H13NOS/c1-4-8-6(7)5(2)3/h5,7H,4H2,1-3H3. The first-order chi connectivity index (χ1) is 3.68. The molecule has 1 N–H and O–H groups in total. The van der Waals surface area contributed by atoms with Crippen molar-refractivity contribution in [3.05, 3.63) is 0 Å². The van der Waals surface area contributed by atoms with Gasteiger partial charge >= 0.3 is 0 Å². The van der Waals surface area contributed by atoms with Gasteiger partial charge in [-0.05, 0) is 13.8 Å². The summed E-state index contributed by atoms with van der Waals surface area (Å²) in [4.78, 5) is 0. The predicted molar refractivity (Wildman–Crippen MR) is 36.9 cm³/mol. The molecule has 0 saturated heterocycles. The second-order valence-corrected chi connectivity index (χ2v) is 3.02. The van der Waals surface area contributed by atoms with Crippen molar-refractivity contribution in [3.8, 4) is 0 Å². The molecular weight excluding hydrogens is 122 g/mol. The molecule has 0 atom stereocenters. The third-order valence-electron chi connectivity index (χ3n) is 0.703. The van der Waals surface area contributed by atoms with E-state index in [1.807, 2.05) is 20.8 Å². The van der Waals surface area contributed by atoms with Crippen molar-refractivity contribution in [1.82, 2.24) is 4.47 Å². The average molecular weight is 135 g/mol. The summed E-state index contributed by atoms with van der Waals surface area (Å²) in [6.45, 7) is 5.90. The van der Waals surface area contributed by atoms with Crippen molar-refractivity contribution >= 4 is 11.9 Å². The largest absolute Gasteiger partial charge is 0.303 e. The highest BCUT2D eigenvalue weighted by Gasteiger charge is 2.02. The molecule has 0 aliphatic rings. The molecule has 0 aliphatic heterocycles. The Labute approximate surface area is 55.0 Å². The van der Waals surface area contributed by atoms with E-state index >= 15 is 0 Å². The monoisotopic (exact) mass is 135 g/mol. The van der Waals surface area contributed by atoms with Crippen LogP contribution in [-0.2, 0) is 0 Å². The summed E-state index contributed by atoms with van der Waals surface area (Å²) in [6.07, 6.45) is 0. The Morgan fingerprint density at radius 3 is 2.25 bits per heavy atom. The Balaban J connectivity index is 3.17. The molecular formula is C5H13NOS. The molecule has 8 heavy (non-hydrogen) atoms. The van der Waals surface area contributed by atoms with Crippen LogP contribution in [0.5, 0.6) is 0 Å². The lowest BCUT2D eigenvalue weighted by atomic mass is 10.4. The molecule has 0 fully saturated rings. The van der Waals surface area contributed by atoms with Gasteiger partial charge in [-0.25, -0.2) is 0 Å². The van der Waals surface area contributed by atoms with E-state index in [1.54, 1.807) is 0 Å². The molecule has 50 valence electrons. The second-order valence-electron chi connectivity index (χ2n) is 1.81. The SMILES string of the molecule is CCSN(O)C(C)C. The van der Waals surface area contributed by atoms with Gasteiger partial charge in [-0.1, -0.05) is 18.9 Å². The van der Waals surface area contributed by atoms with Gasteiger partial charge in [0.2, 0.25) is 0 Å². The zero-order chi connectivity index (χ0) is 6.57. The van der Waals surface area contributed by atoms with Crippen LogP contribution in [0.3, 0.4) is 0 Å². The third kappa shape index (κ3) is 3.29. The van der Waals surface area contributed by atoms with Gasteiger partial charge in [0, 0.05) is 11.8 Å². The maximum absolute atomic E-state index is 8.92. The van der Waals surface area contributed by atoms with Crippen LogP contribution in [-0.4, -0.2) is 21.5 Å². The zero-order valence-corrected chi connectivity index (χ0v) is 6.40. The van der Waals surface area contributed by atoms with Gasteiger partial charge in [-0.3, -0.25) is 0 Å². The van der Waals surface area contributed by atoms with E-state index in [-0.39, 0.29) is 6.04 Å². The highest BCUT2D eigenvalue weighted by atomic mass is 32.2. The van der Waals surface area contributed by atoms with E-state index in [1.165, 1.54) is 16.4 Å². The third-order valence-corrected chi connectivity index (χ3v) is 1.65. The van der Waals surface area contributed by atoms with Crippen LogP contribution in [0.4, 0.5) is 0 Å². The predicted octanol–water partition coefficient (Wildman–Crippen LogP) is 1.75. The first kappa shape index (κ1) is 8.27. The number of nitrogens with zero attached hydrogens (tertiary/aromatic N) is 1. The molecule has 0 unspecified atom stereocenters. The zero-order valence-electron chi connectivity index (χ0n) is 5.59. The van der Waals surface area contributed by atoms with Gasteiger partial charge in [0.1, 0.15) is 0 Å². The topological polar surface area (TPSA) is 23.5 Å². The van der Waals surface area contributed by atoms with Crippen molar-refractivity contribution < 1.29 is 5.21 Å². The van der Waals surface area contributed by atoms with Gasteiger partial charge in [-0.2, -0.15) is 0 Å². The Kier molecular flexibility index (Phi) is 4.32. The van der Waals surface area contributed by atoms with Crippen LogP contribution in [0.25, 0.3) is 0 Å². The van der Waals surface area contributed by atoms with E-state index < -0.39 is 0 Å². The lowest BCUT2D eigenvalue weighted by Crippen LogP contribution is -2.19.